The van der Waals surface area contributed by atoms with Gasteiger partial charge in [0.05, 0.1) is 12.7 Å². The standard InChI is InChI=1S/C17H27NO2.C2H2O4/c1-15(19)16-7-9-17(10-8-16)20-14-6-2-3-11-18-12-4-5-13-18;3-1(4)2(5)6/h7-10,15,19H,2-6,11-14H2,1H3;(H,3,4)(H,5,6). The van der Waals surface area contributed by atoms with Crippen LogP contribution in [0.5, 0.6) is 5.75 Å². The summed E-state index contributed by atoms with van der Waals surface area (Å²) in [5.74, 6) is -2.75. The van der Waals surface area contributed by atoms with E-state index in [9.17, 15) is 5.11 Å². The number of benzene rings is 1. The second kappa shape index (κ2) is 12.3. The van der Waals surface area contributed by atoms with Gasteiger partial charge in [0.15, 0.2) is 0 Å². The first-order valence-electron chi connectivity index (χ1n) is 8.99. The third kappa shape index (κ3) is 9.39. The molecule has 0 bridgehead atoms. The highest BCUT2D eigenvalue weighted by atomic mass is 16.5. The zero-order valence-electron chi connectivity index (χ0n) is 15.3. The molecule has 0 saturated carbocycles. The van der Waals surface area contributed by atoms with Crippen molar-refractivity contribution < 1.29 is 29.6 Å². The van der Waals surface area contributed by atoms with Crippen LogP contribution in [0.1, 0.15) is 50.7 Å². The number of carboxylic acids is 2. The van der Waals surface area contributed by atoms with Crippen molar-refractivity contribution in [3.8, 4) is 5.75 Å². The van der Waals surface area contributed by atoms with E-state index in [0.29, 0.717) is 0 Å². The Morgan fingerprint density at radius 3 is 2.12 bits per heavy atom. The molecule has 0 aromatic heterocycles. The number of unbranched alkanes of at least 4 members (excludes halogenated alkanes) is 2. The fraction of sp³-hybridized carbons (Fsp3) is 0.579. The fourth-order valence-corrected chi connectivity index (χ4v) is 2.65. The van der Waals surface area contributed by atoms with Gasteiger partial charge in [0.2, 0.25) is 0 Å². The van der Waals surface area contributed by atoms with Crippen LogP contribution in [0.2, 0.25) is 0 Å². The first-order valence-corrected chi connectivity index (χ1v) is 8.99. The van der Waals surface area contributed by atoms with Gasteiger partial charge in [-0.1, -0.05) is 12.1 Å². The largest absolute Gasteiger partial charge is 0.494 e. The summed E-state index contributed by atoms with van der Waals surface area (Å²) < 4.78 is 5.72. The number of carbonyl (C=O) groups is 2. The zero-order valence-corrected chi connectivity index (χ0v) is 15.3. The van der Waals surface area contributed by atoms with E-state index in [1.54, 1.807) is 6.92 Å². The molecule has 2 rings (SSSR count). The quantitative estimate of drug-likeness (QED) is 0.479. The van der Waals surface area contributed by atoms with Gasteiger partial charge in [0, 0.05) is 0 Å². The fourth-order valence-electron chi connectivity index (χ4n) is 2.65. The highest BCUT2D eigenvalue weighted by molar-refractivity contribution is 6.27. The van der Waals surface area contributed by atoms with Crippen molar-refractivity contribution in [3.05, 3.63) is 29.8 Å². The number of rotatable bonds is 8. The SMILES string of the molecule is CC(O)c1ccc(OCCCCCN2CCCC2)cc1.O=C(O)C(=O)O. The molecule has 0 radical (unpaired) electrons. The van der Waals surface area contributed by atoms with Gasteiger partial charge in [-0.2, -0.15) is 0 Å². The molecule has 1 unspecified atom stereocenters. The van der Waals surface area contributed by atoms with Crippen LogP contribution in [0.3, 0.4) is 0 Å². The predicted octanol–water partition coefficient (Wildman–Crippen LogP) is 2.54. The van der Waals surface area contributed by atoms with E-state index in [4.69, 9.17) is 24.5 Å². The zero-order chi connectivity index (χ0) is 19.4. The van der Waals surface area contributed by atoms with E-state index in [1.165, 1.54) is 45.3 Å². The number of carboxylic acid groups (broad SMARTS) is 2. The van der Waals surface area contributed by atoms with E-state index in [0.717, 1.165) is 24.3 Å². The minimum absolute atomic E-state index is 0.408. The van der Waals surface area contributed by atoms with Crippen molar-refractivity contribution in [2.24, 2.45) is 0 Å². The molecule has 3 N–H and O–H groups in total. The summed E-state index contributed by atoms with van der Waals surface area (Å²) in [6.45, 7) is 6.41. The summed E-state index contributed by atoms with van der Waals surface area (Å²) in [7, 11) is 0. The Morgan fingerprint density at radius 1 is 1.04 bits per heavy atom. The van der Waals surface area contributed by atoms with Crippen molar-refractivity contribution in [1.29, 1.82) is 0 Å². The van der Waals surface area contributed by atoms with E-state index in [2.05, 4.69) is 4.90 Å². The Hall–Kier alpha value is -2.12. The topological polar surface area (TPSA) is 107 Å². The van der Waals surface area contributed by atoms with E-state index >= 15 is 0 Å². The number of aliphatic hydroxyl groups is 1. The molecule has 0 spiro atoms. The molecule has 1 aliphatic rings. The average Bonchev–Trinajstić information content (AvgIpc) is 3.12. The lowest BCUT2D eigenvalue weighted by atomic mass is 10.1. The number of nitrogens with zero attached hydrogens (tertiary/aromatic N) is 1. The number of hydrogen-bond donors (Lipinski definition) is 3. The summed E-state index contributed by atoms with van der Waals surface area (Å²) >= 11 is 0. The van der Waals surface area contributed by atoms with Gasteiger partial charge in [-0.3, -0.25) is 0 Å². The molecule has 0 amide bonds. The molecular formula is C19H29NO6. The van der Waals surface area contributed by atoms with Gasteiger partial charge in [0.25, 0.3) is 0 Å². The number of hydrogen-bond acceptors (Lipinski definition) is 5. The number of aliphatic carboxylic acids is 2. The van der Waals surface area contributed by atoms with Crippen molar-refractivity contribution in [1.82, 2.24) is 4.90 Å². The Kier molecular flexibility index (Phi) is 10.3. The normalized spacial score (nSPS) is 15.0. The summed E-state index contributed by atoms with van der Waals surface area (Å²) in [5, 5.41) is 24.2. The first kappa shape index (κ1) is 21.9. The van der Waals surface area contributed by atoms with Gasteiger partial charge >= 0.3 is 11.9 Å². The summed E-state index contributed by atoms with van der Waals surface area (Å²) in [6, 6.07) is 7.72. The maximum Gasteiger partial charge on any atom is 0.414 e. The first-order chi connectivity index (χ1) is 12.4. The summed E-state index contributed by atoms with van der Waals surface area (Å²) in [6.07, 6.45) is 5.99. The van der Waals surface area contributed by atoms with Crippen LogP contribution in [0.4, 0.5) is 0 Å². The molecule has 1 fully saturated rings. The third-order valence-electron chi connectivity index (χ3n) is 4.13. The summed E-state index contributed by atoms with van der Waals surface area (Å²) in [4.78, 5) is 20.8. The molecule has 0 aliphatic carbocycles. The highest BCUT2D eigenvalue weighted by Gasteiger charge is 2.10. The van der Waals surface area contributed by atoms with Crippen LogP contribution in [0, 0.1) is 0 Å². The van der Waals surface area contributed by atoms with Crippen molar-refractivity contribution in [2.45, 2.75) is 45.1 Å². The van der Waals surface area contributed by atoms with Crippen LogP contribution in [0.25, 0.3) is 0 Å². The van der Waals surface area contributed by atoms with E-state index in [1.807, 2.05) is 24.3 Å². The van der Waals surface area contributed by atoms with Crippen LogP contribution < -0.4 is 4.74 Å². The maximum absolute atomic E-state index is 9.43. The minimum atomic E-state index is -1.82. The van der Waals surface area contributed by atoms with Crippen molar-refractivity contribution >= 4 is 11.9 Å². The number of likely N-dealkylation sites (tertiary alicyclic amines) is 1. The molecule has 146 valence electrons. The van der Waals surface area contributed by atoms with Crippen LogP contribution in [-0.2, 0) is 9.59 Å². The van der Waals surface area contributed by atoms with Gasteiger partial charge in [-0.05, 0) is 76.4 Å². The van der Waals surface area contributed by atoms with E-state index in [-0.39, 0.29) is 0 Å². The monoisotopic (exact) mass is 367 g/mol. The second-order valence-electron chi connectivity index (χ2n) is 6.31. The lowest BCUT2D eigenvalue weighted by Gasteiger charge is -2.14. The lowest BCUT2D eigenvalue weighted by Crippen LogP contribution is -2.20. The molecular weight excluding hydrogens is 338 g/mol. The van der Waals surface area contributed by atoms with Crippen LogP contribution >= 0.6 is 0 Å². The molecule has 26 heavy (non-hydrogen) atoms. The van der Waals surface area contributed by atoms with Gasteiger partial charge in [-0.15, -0.1) is 0 Å². The molecule has 1 saturated heterocycles. The second-order valence-corrected chi connectivity index (χ2v) is 6.31. The highest BCUT2D eigenvalue weighted by Crippen LogP contribution is 2.17. The molecule has 1 aromatic carbocycles. The number of ether oxygens (including phenoxy) is 1. The Bertz CT molecular complexity index is 525. The Balaban J connectivity index is 0.000000487. The Morgan fingerprint density at radius 2 is 1.62 bits per heavy atom. The molecule has 7 nitrogen and oxygen atoms in total. The minimum Gasteiger partial charge on any atom is -0.494 e. The number of aliphatic hydroxyl groups excluding tert-OH is 1. The van der Waals surface area contributed by atoms with Gasteiger partial charge < -0.3 is 25.0 Å². The van der Waals surface area contributed by atoms with E-state index < -0.39 is 18.0 Å². The van der Waals surface area contributed by atoms with Crippen molar-refractivity contribution in [3.63, 3.8) is 0 Å². The van der Waals surface area contributed by atoms with Gasteiger partial charge in [-0.25, -0.2) is 9.59 Å². The van der Waals surface area contributed by atoms with Gasteiger partial charge in [0.1, 0.15) is 5.75 Å². The smallest absolute Gasteiger partial charge is 0.414 e. The molecule has 1 atom stereocenters. The molecule has 1 aromatic rings. The lowest BCUT2D eigenvalue weighted by molar-refractivity contribution is -0.159. The average molecular weight is 367 g/mol. The summed E-state index contributed by atoms with van der Waals surface area (Å²) in [5.41, 5.74) is 0.933. The Labute approximate surface area is 154 Å². The van der Waals surface area contributed by atoms with Crippen LogP contribution in [-0.4, -0.2) is 58.4 Å². The molecule has 1 aliphatic heterocycles. The van der Waals surface area contributed by atoms with Crippen LogP contribution in [0.15, 0.2) is 24.3 Å². The molecule has 1 heterocycles. The third-order valence-corrected chi connectivity index (χ3v) is 4.13. The maximum atomic E-state index is 9.43. The van der Waals surface area contributed by atoms with Crippen molar-refractivity contribution in [2.75, 3.05) is 26.2 Å². The predicted molar refractivity (Wildman–Crippen MR) is 97.4 cm³/mol. The molecule has 7 heteroatoms.